The summed E-state index contributed by atoms with van der Waals surface area (Å²) in [4.78, 5) is 0.813. The molecule has 0 fully saturated rings. The van der Waals surface area contributed by atoms with Gasteiger partial charge >= 0.3 is 0 Å². The Morgan fingerprint density at radius 3 is 2.60 bits per heavy atom. The minimum atomic E-state index is -0.700. The van der Waals surface area contributed by atoms with E-state index in [1.165, 1.54) is 23.9 Å². The monoisotopic (exact) mass is 230 g/mol. The van der Waals surface area contributed by atoms with Crippen molar-refractivity contribution in [2.45, 2.75) is 30.1 Å². The van der Waals surface area contributed by atoms with E-state index in [1.807, 2.05) is 6.92 Å². The van der Waals surface area contributed by atoms with Gasteiger partial charge in [-0.05, 0) is 30.7 Å². The Labute approximate surface area is 93.1 Å². The molecule has 4 heteroatoms. The second-order valence-electron chi connectivity index (χ2n) is 3.47. The van der Waals surface area contributed by atoms with Crippen LogP contribution >= 0.6 is 11.8 Å². The first-order valence-corrected chi connectivity index (χ1v) is 5.67. The van der Waals surface area contributed by atoms with Crippen molar-refractivity contribution in [1.82, 2.24) is 0 Å². The van der Waals surface area contributed by atoms with Crippen LogP contribution in [0.25, 0.3) is 0 Å². The normalized spacial score (nSPS) is 15.0. The van der Waals surface area contributed by atoms with Crippen LogP contribution in [0.2, 0.25) is 0 Å². The Morgan fingerprint density at radius 2 is 2.07 bits per heavy atom. The maximum Gasteiger partial charge on any atom is 0.123 e. The highest BCUT2D eigenvalue weighted by Crippen LogP contribution is 2.30. The molecule has 2 N–H and O–H groups in total. The van der Waals surface area contributed by atoms with Crippen LogP contribution in [-0.2, 0) is 0 Å². The first-order valence-electron chi connectivity index (χ1n) is 4.79. The number of rotatable bonds is 4. The molecule has 15 heavy (non-hydrogen) atoms. The summed E-state index contributed by atoms with van der Waals surface area (Å²) >= 11 is 1.43. The van der Waals surface area contributed by atoms with Crippen molar-refractivity contribution in [1.29, 1.82) is 0 Å². The second-order valence-corrected chi connectivity index (χ2v) is 4.95. The molecule has 0 saturated carbocycles. The molecule has 1 unspecified atom stereocenters. The third-order valence-electron chi connectivity index (χ3n) is 2.01. The van der Waals surface area contributed by atoms with Gasteiger partial charge in [0, 0.05) is 10.1 Å². The minimum absolute atomic E-state index is 0.0351. The van der Waals surface area contributed by atoms with Crippen molar-refractivity contribution in [2.24, 2.45) is 0 Å². The number of aliphatic hydroxyl groups is 2. The molecule has 1 rings (SSSR count). The molecule has 0 aliphatic rings. The van der Waals surface area contributed by atoms with Crippen LogP contribution in [0.1, 0.15) is 25.5 Å². The van der Waals surface area contributed by atoms with Crippen LogP contribution in [-0.4, -0.2) is 22.1 Å². The Morgan fingerprint density at radius 1 is 1.40 bits per heavy atom. The summed E-state index contributed by atoms with van der Waals surface area (Å²) in [6.07, 6.45) is -0.700. The molecule has 0 saturated heterocycles. The van der Waals surface area contributed by atoms with E-state index >= 15 is 0 Å². The molecule has 1 aromatic rings. The summed E-state index contributed by atoms with van der Waals surface area (Å²) in [5.74, 6) is -0.355. The van der Waals surface area contributed by atoms with Crippen molar-refractivity contribution in [3.05, 3.63) is 29.6 Å². The van der Waals surface area contributed by atoms with Gasteiger partial charge in [0.1, 0.15) is 5.82 Å². The molecular weight excluding hydrogens is 215 g/mol. The number of thioether (sulfide) groups is 1. The molecule has 0 heterocycles. The highest BCUT2D eigenvalue weighted by Gasteiger charge is 2.12. The number of benzene rings is 1. The van der Waals surface area contributed by atoms with Crippen LogP contribution in [0, 0.1) is 5.82 Å². The number of hydrogen-bond acceptors (Lipinski definition) is 3. The quantitative estimate of drug-likeness (QED) is 0.780. The van der Waals surface area contributed by atoms with Crippen LogP contribution < -0.4 is 0 Å². The topological polar surface area (TPSA) is 40.5 Å². The van der Waals surface area contributed by atoms with E-state index in [9.17, 15) is 9.50 Å². The van der Waals surface area contributed by atoms with E-state index < -0.39 is 6.10 Å². The van der Waals surface area contributed by atoms with Crippen LogP contribution in [0.5, 0.6) is 0 Å². The molecule has 0 spiro atoms. The Hall–Kier alpha value is -0.580. The molecule has 84 valence electrons. The SMILES string of the molecule is CC(CO)Sc1ccc(F)cc1[C@H](C)O. The lowest BCUT2D eigenvalue weighted by Crippen LogP contribution is -2.04. The smallest absolute Gasteiger partial charge is 0.123 e. The zero-order chi connectivity index (χ0) is 11.4. The third kappa shape index (κ3) is 3.48. The largest absolute Gasteiger partial charge is 0.395 e. The van der Waals surface area contributed by atoms with Crippen LogP contribution in [0.3, 0.4) is 0 Å². The van der Waals surface area contributed by atoms with Gasteiger partial charge in [0.2, 0.25) is 0 Å². The lowest BCUT2D eigenvalue weighted by molar-refractivity contribution is 0.196. The highest BCUT2D eigenvalue weighted by molar-refractivity contribution is 8.00. The lowest BCUT2D eigenvalue weighted by Gasteiger charge is -2.14. The zero-order valence-corrected chi connectivity index (χ0v) is 9.59. The summed E-state index contributed by atoms with van der Waals surface area (Å²) in [5, 5.41) is 18.4. The van der Waals surface area contributed by atoms with E-state index in [1.54, 1.807) is 13.0 Å². The van der Waals surface area contributed by atoms with Gasteiger partial charge in [-0.3, -0.25) is 0 Å². The molecule has 1 aromatic carbocycles. The first kappa shape index (κ1) is 12.5. The maximum atomic E-state index is 13.0. The highest BCUT2D eigenvalue weighted by atomic mass is 32.2. The molecule has 2 atom stereocenters. The second kappa shape index (κ2) is 5.49. The number of hydrogen-bond donors (Lipinski definition) is 2. The van der Waals surface area contributed by atoms with Gasteiger partial charge in [-0.25, -0.2) is 4.39 Å². The molecule has 0 radical (unpaired) electrons. The van der Waals surface area contributed by atoms with Crippen molar-refractivity contribution < 1.29 is 14.6 Å². The fourth-order valence-corrected chi connectivity index (χ4v) is 2.23. The van der Waals surface area contributed by atoms with Crippen molar-refractivity contribution in [3.8, 4) is 0 Å². The van der Waals surface area contributed by atoms with E-state index in [4.69, 9.17) is 5.11 Å². The predicted molar refractivity (Wildman–Crippen MR) is 59.4 cm³/mol. The number of halogens is 1. The van der Waals surface area contributed by atoms with Gasteiger partial charge in [0.25, 0.3) is 0 Å². The summed E-state index contributed by atoms with van der Waals surface area (Å²) in [7, 11) is 0. The van der Waals surface area contributed by atoms with Gasteiger partial charge in [0.15, 0.2) is 0 Å². The fourth-order valence-electron chi connectivity index (χ4n) is 1.21. The van der Waals surface area contributed by atoms with Gasteiger partial charge < -0.3 is 10.2 Å². The minimum Gasteiger partial charge on any atom is -0.395 e. The maximum absolute atomic E-state index is 13.0. The Kier molecular flexibility index (Phi) is 4.57. The van der Waals surface area contributed by atoms with E-state index in [2.05, 4.69) is 0 Å². The zero-order valence-electron chi connectivity index (χ0n) is 8.77. The van der Waals surface area contributed by atoms with E-state index in [0.717, 1.165) is 4.90 Å². The predicted octanol–water partition coefficient (Wildman–Crippen LogP) is 2.35. The lowest BCUT2D eigenvalue weighted by atomic mass is 10.1. The van der Waals surface area contributed by atoms with Gasteiger partial charge in [-0.1, -0.05) is 6.92 Å². The fraction of sp³-hybridized carbons (Fsp3) is 0.455. The summed E-state index contributed by atoms with van der Waals surface area (Å²) in [6.45, 7) is 3.53. The Balaban J connectivity index is 2.95. The molecule has 0 aliphatic heterocycles. The third-order valence-corrected chi connectivity index (χ3v) is 3.18. The van der Waals surface area contributed by atoms with Crippen molar-refractivity contribution in [2.75, 3.05) is 6.61 Å². The van der Waals surface area contributed by atoms with Gasteiger partial charge in [-0.2, -0.15) is 0 Å². The van der Waals surface area contributed by atoms with Crippen LogP contribution in [0.15, 0.2) is 23.1 Å². The van der Waals surface area contributed by atoms with E-state index in [-0.39, 0.29) is 17.7 Å². The molecule has 0 amide bonds. The molecular formula is C11H15FO2S. The van der Waals surface area contributed by atoms with Gasteiger partial charge in [0.05, 0.1) is 12.7 Å². The van der Waals surface area contributed by atoms with E-state index in [0.29, 0.717) is 5.56 Å². The molecule has 0 bridgehead atoms. The van der Waals surface area contributed by atoms with Crippen LogP contribution in [0.4, 0.5) is 4.39 Å². The molecule has 0 aliphatic carbocycles. The summed E-state index contributed by atoms with van der Waals surface area (Å²) in [5.41, 5.74) is 0.570. The summed E-state index contributed by atoms with van der Waals surface area (Å²) in [6, 6.07) is 4.32. The average Bonchev–Trinajstić information content (AvgIpc) is 2.20. The average molecular weight is 230 g/mol. The number of aliphatic hydroxyl groups excluding tert-OH is 2. The van der Waals surface area contributed by atoms with Crippen molar-refractivity contribution >= 4 is 11.8 Å². The summed E-state index contributed by atoms with van der Waals surface area (Å²) < 4.78 is 13.0. The first-order chi connectivity index (χ1) is 7.04. The molecule has 0 aromatic heterocycles. The van der Waals surface area contributed by atoms with Crippen molar-refractivity contribution in [3.63, 3.8) is 0 Å². The van der Waals surface area contributed by atoms with Gasteiger partial charge in [-0.15, -0.1) is 11.8 Å². The molecule has 2 nitrogen and oxygen atoms in total. The standard InChI is InChI=1S/C11H15FO2S/c1-7(6-13)15-11-4-3-9(12)5-10(11)8(2)14/h3-5,7-8,13-14H,6H2,1-2H3/t7?,8-/m0/s1. The Bertz CT molecular complexity index is 328.